The van der Waals surface area contributed by atoms with Gasteiger partial charge in [0.05, 0.1) is 11.5 Å². The standard InChI is InChI=1S/C13H20N2O3/c1-3-13(4-2,10-16)14-9-11-6-5-7-12(8-11)15(17)18/h5-8,14,16H,3-4,9-10H2,1-2H3. The highest BCUT2D eigenvalue weighted by molar-refractivity contribution is 5.34. The van der Waals surface area contributed by atoms with Crippen molar-refractivity contribution < 1.29 is 10.0 Å². The van der Waals surface area contributed by atoms with Gasteiger partial charge < -0.3 is 10.4 Å². The van der Waals surface area contributed by atoms with Crippen molar-refractivity contribution in [2.45, 2.75) is 38.8 Å². The summed E-state index contributed by atoms with van der Waals surface area (Å²) in [5.74, 6) is 0. The highest BCUT2D eigenvalue weighted by atomic mass is 16.6. The van der Waals surface area contributed by atoms with Gasteiger partial charge in [0.25, 0.3) is 5.69 Å². The molecule has 0 unspecified atom stereocenters. The van der Waals surface area contributed by atoms with E-state index in [2.05, 4.69) is 5.32 Å². The van der Waals surface area contributed by atoms with E-state index in [1.807, 2.05) is 19.9 Å². The Morgan fingerprint density at radius 1 is 1.39 bits per heavy atom. The van der Waals surface area contributed by atoms with E-state index in [0.29, 0.717) is 6.54 Å². The summed E-state index contributed by atoms with van der Waals surface area (Å²) in [7, 11) is 0. The smallest absolute Gasteiger partial charge is 0.269 e. The van der Waals surface area contributed by atoms with E-state index in [1.165, 1.54) is 6.07 Å². The minimum absolute atomic E-state index is 0.0644. The normalized spacial score (nSPS) is 11.5. The first-order chi connectivity index (χ1) is 8.56. The van der Waals surface area contributed by atoms with Crippen molar-refractivity contribution >= 4 is 5.69 Å². The van der Waals surface area contributed by atoms with Gasteiger partial charge in [0.2, 0.25) is 0 Å². The van der Waals surface area contributed by atoms with Gasteiger partial charge in [0.15, 0.2) is 0 Å². The number of hydrogen-bond donors (Lipinski definition) is 2. The third kappa shape index (κ3) is 3.51. The molecule has 1 rings (SSSR count). The number of nitrogens with one attached hydrogen (secondary N) is 1. The lowest BCUT2D eigenvalue weighted by atomic mass is 9.93. The molecule has 0 saturated heterocycles. The molecule has 0 radical (unpaired) electrons. The maximum absolute atomic E-state index is 10.7. The molecule has 0 bridgehead atoms. The van der Waals surface area contributed by atoms with Gasteiger partial charge in [0.1, 0.15) is 0 Å². The maximum Gasteiger partial charge on any atom is 0.269 e. The van der Waals surface area contributed by atoms with Crippen LogP contribution in [0, 0.1) is 10.1 Å². The molecule has 0 aliphatic carbocycles. The predicted octanol–water partition coefficient (Wildman–Crippen LogP) is 2.24. The molecule has 0 heterocycles. The summed E-state index contributed by atoms with van der Waals surface area (Å²) in [6.45, 7) is 4.61. The summed E-state index contributed by atoms with van der Waals surface area (Å²) in [5.41, 5.74) is 0.644. The number of nitro benzene ring substituents is 1. The summed E-state index contributed by atoms with van der Waals surface area (Å²) < 4.78 is 0. The first-order valence-electron chi connectivity index (χ1n) is 6.16. The topological polar surface area (TPSA) is 75.4 Å². The van der Waals surface area contributed by atoms with Gasteiger partial charge in [-0.2, -0.15) is 0 Å². The fraction of sp³-hybridized carbons (Fsp3) is 0.538. The summed E-state index contributed by atoms with van der Waals surface area (Å²) in [4.78, 5) is 10.3. The lowest BCUT2D eigenvalue weighted by Gasteiger charge is -2.31. The van der Waals surface area contributed by atoms with E-state index in [1.54, 1.807) is 12.1 Å². The maximum atomic E-state index is 10.7. The van der Waals surface area contributed by atoms with E-state index >= 15 is 0 Å². The van der Waals surface area contributed by atoms with Crippen molar-refractivity contribution in [3.63, 3.8) is 0 Å². The van der Waals surface area contributed by atoms with E-state index in [0.717, 1.165) is 18.4 Å². The Balaban J connectivity index is 2.73. The zero-order valence-electron chi connectivity index (χ0n) is 10.8. The highest BCUT2D eigenvalue weighted by Gasteiger charge is 2.24. The van der Waals surface area contributed by atoms with Crippen LogP contribution in [0.3, 0.4) is 0 Å². The van der Waals surface area contributed by atoms with Crippen LogP contribution < -0.4 is 5.32 Å². The summed E-state index contributed by atoms with van der Waals surface area (Å²) >= 11 is 0. The summed E-state index contributed by atoms with van der Waals surface area (Å²) in [5, 5.41) is 23.4. The zero-order chi connectivity index (χ0) is 13.6. The zero-order valence-corrected chi connectivity index (χ0v) is 10.8. The average Bonchev–Trinajstić information content (AvgIpc) is 2.41. The van der Waals surface area contributed by atoms with E-state index < -0.39 is 4.92 Å². The fourth-order valence-electron chi connectivity index (χ4n) is 1.85. The predicted molar refractivity (Wildman–Crippen MR) is 70.3 cm³/mol. The fourth-order valence-corrected chi connectivity index (χ4v) is 1.85. The number of aliphatic hydroxyl groups is 1. The Hall–Kier alpha value is -1.46. The third-order valence-corrected chi connectivity index (χ3v) is 3.45. The number of nitrogens with zero attached hydrogens (tertiary/aromatic N) is 1. The van der Waals surface area contributed by atoms with Gasteiger partial charge in [-0.25, -0.2) is 0 Å². The summed E-state index contributed by atoms with van der Waals surface area (Å²) in [6.07, 6.45) is 1.63. The molecule has 0 saturated carbocycles. The lowest BCUT2D eigenvalue weighted by molar-refractivity contribution is -0.384. The second-order valence-corrected chi connectivity index (χ2v) is 4.43. The minimum Gasteiger partial charge on any atom is -0.394 e. The monoisotopic (exact) mass is 252 g/mol. The van der Waals surface area contributed by atoms with Crippen LogP contribution in [-0.4, -0.2) is 22.2 Å². The van der Waals surface area contributed by atoms with Crippen LogP contribution in [0.1, 0.15) is 32.3 Å². The molecule has 18 heavy (non-hydrogen) atoms. The molecule has 5 nitrogen and oxygen atoms in total. The number of aliphatic hydroxyl groups excluding tert-OH is 1. The molecule has 2 N–H and O–H groups in total. The third-order valence-electron chi connectivity index (χ3n) is 3.45. The first kappa shape index (κ1) is 14.6. The molecule has 1 aromatic carbocycles. The molecular formula is C13H20N2O3. The molecule has 100 valence electrons. The van der Waals surface area contributed by atoms with Gasteiger partial charge in [-0.3, -0.25) is 10.1 Å². The van der Waals surface area contributed by atoms with E-state index in [-0.39, 0.29) is 17.8 Å². The van der Waals surface area contributed by atoms with Crippen LogP contribution in [0.2, 0.25) is 0 Å². The van der Waals surface area contributed by atoms with Crippen molar-refractivity contribution in [2.24, 2.45) is 0 Å². The lowest BCUT2D eigenvalue weighted by Crippen LogP contribution is -2.47. The number of hydrogen-bond acceptors (Lipinski definition) is 4. The average molecular weight is 252 g/mol. The van der Waals surface area contributed by atoms with Gasteiger partial charge in [-0.05, 0) is 18.4 Å². The molecule has 0 aliphatic heterocycles. The number of nitro groups is 1. The molecule has 0 aliphatic rings. The van der Waals surface area contributed by atoms with Gasteiger partial charge in [0, 0.05) is 24.2 Å². The van der Waals surface area contributed by atoms with Crippen molar-refractivity contribution in [1.29, 1.82) is 0 Å². The molecule has 0 aromatic heterocycles. The van der Waals surface area contributed by atoms with Crippen molar-refractivity contribution in [2.75, 3.05) is 6.61 Å². The van der Waals surface area contributed by atoms with E-state index in [9.17, 15) is 15.2 Å². The van der Waals surface area contributed by atoms with Gasteiger partial charge in [-0.1, -0.05) is 26.0 Å². The minimum atomic E-state index is -0.400. The second-order valence-electron chi connectivity index (χ2n) is 4.43. The van der Waals surface area contributed by atoms with Crippen molar-refractivity contribution in [3.8, 4) is 0 Å². The largest absolute Gasteiger partial charge is 0.394 e. The Labute approximate surface area is 107 Å². The van der Waals surface area contributed by atoms with Crippen molar-refractivity contribution in [1.82, 2.24) is 5.32 Å². The Morgan fingerprint density at radius 2 is 2.06 bits per heavy atom. The van der Waals surface area contributed by atoms with Crippen LogP contribution in [0.5, 0.6) is 0 Å². The number of benzene rings is 1. The first-order valence-corrected chi connectivity index (χ1v) is 6.16. The molecular weight excluding hydrogens is 232 g/mol. The molecule has 0 spiro atoms. The quantitative estimate of drug-likeness (QED) is 0.576. The Kier molecular flexibility index (Phi) is 5.25. The second kappa shape index (κ2) is 6.47. The molecule has 0 atom stereocenters. The molecule has 5 heteroatoms. The number of rotatable bonds is 7. The molecule has 0 amide bonds. The van der Waals surface area contributed by atoms with Crippen LogP contribution in [-0.2, 0) is 6.54 Å². The Morgan fingerprint density at radius 3 is 2.56 bits per heavy atom. The van der Waals surface area contributed by atoms with Crippen LogP contribution in [0.15, 0.2) is 24.3 Å². The molecule has 1 aromatic rings. The number of non-ortho nitro benzene ring substituents is 1. The SMILES string of the molecule is CCC(CC)(CO)NCc1cccc([N+](=O)[O-])c1. The van der Waals surface area contributed by atoms with Crippen LogP contribution in [0.25, 0.3) is 0 Å². The highest BCUT2D eigenvalue weighted by Crippen LogP contribution is 2.17. The van der Waals surface area contributed by atoms with Crippen molar-refractivity contribution in [3.05, 3.63) is 39.9 Å². The van der Waals surface area contributed by atoms with Crippen LogP contribution >= 0.6 is 0 Å². The van der Waals surface area contributed by atoms with Crippen LogP contribution in [0.4, 0.5) is 5.69 Å². The van der Waals surface area contributed by atoms with Gasteiger partial charge >= 0.3 is 0 Å². The molecule has 0 fully saturated rings. The summed E-state index contributed by atoms with van der Waals surface area (Å²) in [6, 6.07) is 6.55. The van der Waals surface area contributed by atoms with E-state index in [4.69, 9.17) is 0 Å². The Bertz CT molecular complexity index is 395. The van der Waals surface area contributed by atoms with Gasteiger partial charge in [-0.15, -0.1) is 0 Å².